The van der Waals surface area contributed by atoms with Gasteiger partial charge in [-0.3, -0.25) is 9.69 Å². The maximum atomic E-state index is 12.6. The summed E-state index contributed by atoms with van der Waals surface area (Å²) >= 11 is 0. The minimum absolute atomic E-state index is 0.270. The molecule has 4 heteroatoms. The molecule has 1 aromatic heterocycles. The summed E-state index contributed by atoms with van der Waals surface area (Å²) in [6.45, 7) is 3.87. The minimum atomic E-state index is 0.270. The first kappa shape index (κ1) is 13.8. The number of benzene rings is 1. The van der Waals surface area contributed by atoms with Gasteiger partial charge in [-0.05, 0) is 24.5 Å². The van der Waals surface area contributed by atoms with Gasteiger partial charge in [0.15, 0.2) is 0 Å². The van der Waals surface area contributed by atoms with Gasteiger partial charge in [-0.2, -0.15) is 0 Å². The van der Waals surface area contributed by atoms with Crippen molar-refractivity contribution in [2.75, 3.05) is 26.2 Å². The molecular formula is C18H23N3O. The lowest BCUT2D eigenvalue weighted by atomic mass is 10.1. The van der Waals surface area contributed by atoms with Gasteiger partial charge in [-0.15, -0.1) is 0 Å². The van der Waals surface area contributed by atoms with Gasteiger partial charge in [-0.1, -0.05) is 18.2 Å². The largest absolute Gasteiger partial charge is 0.350 e. The summed E-state index contributed by atoms with van der Waals surface area (Å²) in [7, 11) is 2.05. The third-order valence-electron chi connectivity index (χ3n) is 5.05. The van der Waals surface area contributed by atoms with Crippen molar-refractivity contribution in [2.24, 2.45) is 7.05 Å². The number of piperazine rings is 1. The minimum Gasteiger partial charge on any atom is -0.350 e. The highest BCUT2D eigenvalue weighted by Gasteiger charge is 2.32. The molecule has 0 atom stereocenters. The fourth-order valence-electron chi connectivity index (χ4n) is 3.62. The maximum Gasteiger partial charge on any atom is 0.227 e. The Kier molecular flexibility index (Phi) is 3.41. The van der Waals surface area contributed by atoms with Crippen LogP contribution >= 0.6 is 0 Å². The van der Waals surface area contributed by atoms with Crippen LogP contribution in [0.25, 0.3) is 10.9 Å². The third kappa shape index (κ3) is 2.52. The molecule has 1 saturated heterocycles. The summed E-state index contributed by atoms with van der Waals surface area (Å²) in [5.74, 6) is 0.270. The lowest BCUT2D eigenvalue weighted by molar-refractivity contribution is -0.132. The van der Waals surface area contributed by atoms with Crippen molar-refractivity contribution in [1.29, 1.82) is 0 Å². The SMILES string of the molecule is Cn1cc(CC(=O)N2CCN(C3CC3)CC2)c2ccccc21. The van der Waals surface area contributed by atoms with Gasteiger partial charge in [0, 0.05) is 56.4 Å². The summed E-state index contributed by atoms with van der Waals surface area (Å²) < 4.78 is 2.11. The molecule has 1 aliphatic heterocycles. The van der Waals surface area contributed by atoms with Crippen LogP contribution in [0.1, 0.15) is 18.4 Å². The molecule has 0 bridgehead atoms. The molecule has 0 unspecified atom stereocenters. The van der Waals surface area contributed by atoms with E-state index in [1.165, 1.54) is 23.7 Å². The Balaban J connectivity index is 1.45. The third-order valence-corrected chi connectivity index (χ3v) is 5.05. The fraction of sp³-hybridized carbons (Fsp3) is 0.500. The number of para-hydroxylation sites is 1. The number of amides is 1. The number of rotatable bonds is 3. The number of carbonyl (C=O) groups excluding carboxylic acids is 1. The maximum absolute atomic E-state index is 12.6. The Hall–Kier alpha value is -1.81. The van der Waals surface area contributed by atoms with Gasteiger partial charge in [0.25, 0.3) is 0 Å². The monoisotopic (exact) mass is 297 g/mol. The fourth-order valence-corrected chi connectivity index (χ4v) is 3.62. The van der Waals surface area contributed by atoms with Crippen LogP contribution in [0.3, 0.4) is 0 Å². The first-order valence-electron chi connectivity index (χ1n) is 8.27. The van der Waals surface area contributed by atoms with E-state index < -0.39 is 0 Å². The molecule has 4 rings (SSSR count). The first-order chi connectivity index (χ1) is 10.7. The standard InChI is InChI=1S/C18H23N3O/c1-19-13-14(16-4-2-3-5-17(16)19)12-18(22)21-10-8-20(9-11-21)15-6-7-15/h2-5,13,15H,6-12H2,1H3. The number of aromatic nitrogens is 1. The van der Waals surface area contributed by atoms with Gasteiger partial charge < -0.3 is 9.47 Å². The highest BCUT2D eigenvalue weighted by molar-refractivity contribution is 5.89. The molecule has 4 nitrogen and oxygen atoms in total. The quantitative estimate of drug-likeness (QED) is 0.867. The lowest BCUT2D eigenvalue weighted by Crippen LogP contribution is -2.49. The Morgan fingerprint density at radius 2 is 1.86 bits per heavy atom. The number of nitrogens with zero attached hydrogens (tertiary/aromatic N) is 3. The van der Waals surface area contributed by atoms with Crippen molar-refractivity contribution in [3.63, 3.8) is 0 Å². The Bertz CT molecular complexity index is 693. The van der Waals surface area contributed by atoms with E-state index in [0.717, 1.165) is 37.8 Å². The van der Waals surface area contributed by atoms with Gasteiger partial charge in [0.1, 0.15) is 0 Å². The molecule has 2 aromatic rings. The summed E-state index contributed by atoms with van der Waals surface area (Å²) in [4.78, 5) is 17.2. The van der Waals surface area contributed by atoms with Gasteiger partial charge in [-0.25, -0.2) is 0 Å². The van der Waals surface area contributed by atoms with Crippen LogP contribution in [0.5, 0.6) is 0 Å². The van der Waals surface area contributed by atoms with Gasteiger partial charge >= 0.3 is 0 Å². The second kappa shape index (κ2) is 5.43. The normalized spacial score (nSPS) is 19.8. The number of hydrogen-bond donors (Lipinski definition) is 0. The number of carbonyl (C=O) groups is 1. The molecule has 0 N–H and O–H groups in total. The van der Waals surface area contributed by atoms with E-state index in [1.54, 1.807) is 0 Å². The van der Waals surface area contributed by atoms with Gasteiger partial charge in [0.05, 0.1) is 6.42 Å². The average molecular weight is 297 g/mol. The Labute approximate surface area is 131 Å². The molecule has 2 fully saturated rings. The second-order valence-electron chi connectivity index (χ2n) is 6.61. The van der Waals surface area contributed by atoms with E-state index in [1.807, 2.05) is 24.1 Å². The van der Waals surface area contributed by atoms with E-state index in [4.69, 9.17) is 0 Å². The first-order valence-corrected chi connectivity index (χ1v) is 8.27. The molecule has 0 spiro atoms. The second-order valence-corrected chi connectivity index (χ2v) is 6.61. The molecule has 1 saturated carbocycles. The van der Waals surface area contributed by atoms with E-state index in [0.29, 0.717) is 6.42 Å². The summed E-state index contributed by atoms with van der Waals surface area (Å²) in [5.41, 5.74) is 2.34. The zero-order valence-electron chi connectivity index (χ0n) is 13.2. The molecule has 22 heavy (non-hydrogen) atoms. The summed E-state index contributed by atoms with van der Waals surface area (Å²) in [5, 5.41) is 1.20. The van der Waals surface area contributed by atoms with Crippen LogP contribution in [0.4, 0.5) is 0 Å². The molecule has 116 valence electrons. The predicted molar refractivity (Wildman–Crippen MR) is 87.8 cm³/mol. The molecule has 2 heterocycles. The zero-order valence-corrected chi connectivity index (χ0v) is 13.2. The number of fused-ring (bicyclic) bond motifs is 1. The van der Waals surface area contributed by atoms with Crippen LogP contribution in [0.15, 0.2) is 30.5 Å². The van der Waals surface area contributed by atoms with Crippen molar-refractivity contribution in [3.8, 4) is 0 Å². The smallest absolute Gasteiger partial charge is 0.227 e. The van der Waals surface area contributed by atoms with Crippen LogP contribution < -0.4 is 0 Å². The summed E-state index contributed by atoms with van der Waals surface area (Å²) in [6.07, 6.45) is 5.32. The van der Waals surface area contributed by atoms with Crippen molar-refractivity contribution in [3.05, 3.63) is 36.0 Å². The molecular weight excluding hydrogens is 274 g/mol. The topological polar surface area (TPSA) is 28.5 Å². The van der Waals surface area contributed by atoms with Crippen LogP contribution in [-0.4, -0.2) is 52.5 Å². The zero-order chi connectivity index (χ0) is 15.1. The van der Waals surface area contributed by atoms with Crippen molar-refractivity contribution < 1.29 is 4.79 Å². The highest BCUT2D eigenvalue weighted by Crippen LogP contribution is 2.27. The summed E-state index contributed by atoms with van der Waals surface area (Å²) in [6, 6.07) is 9.13. The van der Waals surface area contributed by atoms with Crippen LogP contribution in [-0.2, 0) is 18.3 Å². The Morgan fingerprint density at radius 1 is 1.14 bits per heavy atom. The van der Waals surface area contributed by atoms with Crippen molar-refractivity contribution in [2.45, 2.75) is 25.3 Å². The van der Waals surface area contributed by atoms with Gasteiger partial charge in [0.2, 0.25) is 5.91 Å². The Morgan fingerprint density at radius 3 is 2.59 bits per heavy atom. The molecule has 1 aliphatic carbocycles. The highest BCUT2D eigenvalue weighted by atomic mass is 16.2. The predicted octanol–water partition coefficient (Wildman–Crippen LogP) is 2.03. The van der Waals surface area contributed by atoms with E-state index in [2.05, 4.69) is 27.8 Å². The average Bonchev–Trinajstić information content (AvgIpc) is 3.35. The van der Waals surface area contributed by atoms with Crippen molar-refractivity contribution >= 4 is 16.8 Å². The number of hydrogen-bond acceptors (Lipinski definition) is 2. The lowest BCUT2D eigenvalue weighted by Gasteiger charge is -2.34. The van der Waals surface area contributed by atoms with E-state index in [9.17, 15) is 4.79 Å². The van der Waals surface area contributed by atoms with E-state index in [-0.39, 0.29) is 5.91 Å². The van der Waals surface area contributed by atoms with E-state index >= 15 is 0 Å². The molecule has 0 radical (unpaired) electrons. The van der Waals surface area contributed by atoms with Crippen LogP contribution in [0, 0.1) is 0 Å². The van der Waals surface area contributed by atoms with Crippen molar-refractivity contribution in [1.82, 2.24) is 14.4 Å². The molecule has 1 aromatic carbocycles. The van der Waals surface area contributed by atoms with Crippen LogP contribution in [0.2, 0.25) is 0 Å². The molecule has 1 amide bonds. The molecule has 2 aliphatic rings. The number of aryl methyl sites for hydroxylation is 1.